The molecule has 1 aliphatic rings. The van der Waals surface area contributed by atoms with Crippen molar-refractivity contribution in [3.05, 3.63) is 0 Å². The summed E-state index contributed by atoms with van der Waals surface area (Å²) in [5, 5.41) is 4.95. The van der Waals surface area contributed by atoms with Crippen molar-refractivity contribution in [2.75, 3.05) is 19.8 Å². The number of carbonyl (C=O) groups excluding carboxylic acids is 9. The highest BCUT2D eigenvalue weighted by Crippen LogP contribution is 2.31. The van der Waals surface area contributed by atoms with Gasteiger partial charge in [0, 0.05) is 62.3 Å². The molecule has 20 heteroatoms. The van der Waals surface area contributed by atoms with Gasteiger partial charge in [-0.1, -0.05) is 0 Å². The van der Waals surface area contributed by atoms with Gasteiger partial charge in [-0.25, -0.2) is 0 Å². The Morgan fingerprint density at radius 3 is 1.56 bits per heavy atom. The molecule has 1 fully saturated rings. The lowest BCUT2D eigenvalue weighted by Crippen LogP contribution is -2.68. The Morgan fingerprint density at radius 2 is 1.10 bits per heavy atom. The number of esters is 7. The van der Waals surface area contributed by atoms with Crippen molar-refractivity contribution >= 4 is 53.6 Å². The van der Waals surface area contributed by atoms with Gasteiger partial charge in [0.15, 0.2) is 30.7 Å². The van der Waals surface area contributed by atoms with Gasteiger partial charge in [-0.2, -0.15) is 0 Å². The predicted molar refractivity (Wildman–Crippen MR) is 161 cm³/mol. The van der Waals surface area contributed by atoms with Crippen molar-refractivity contribution in [1.29, 1.82) is 0 Å². The number of rotatable bonds is 17. The fourth-order valence-electron chi connectivity index (χ4n) is 4.80. The molecule has 1 saturated heterocycles. The van der Waals surface area contributed by atoms with Crippen LogP contribution in [0.5, 0.6) is 0 Å². The molecule has 20 nitrogen and oxygen atoms in total. The first kappa shape index (κ1) is 43.2. The van der Waals surface area contributed by atoms with E-state index in [1.165, 1.54) is 0 Å². The Kier molecular flexibility index (Phi) is 17.8. The number of hydrogen-bond donors (Lipinski definition) is 2. The van der Waals surface area contributed by atoms with Crippen LogP contribution in [0.1, 0.15) is 62.3 Å². The molecule has 2 N–H and O–H groups in total. The molecule has 0 saturated carbocycles. The van der Waals surface area contributed by atoms with Crippen LogP contribution in [0.4, 0.5) is 0 Å². The summed E-state index contributed by atoms with van der Waals surface area (Å²) in [5.41, 5.74) is 0. The topological polar surface area (TPSA) is 261 Å². The normalized spacial score (nSPS) is 22.1. The van der Waals surface area contributed by atoms with Crippen LogP contribution in [0.25, 0.3) is 0 Å². The van der Waals surface area contributed by atoms with E-state index >= 15 is 0 Å². The minimum absolute atomic E-state index is 0.614. The van der Waals surface area contributed by atoms with E-state index in [1.54, 1.807) is 0 Å². The maximum absolute atomic E-state index is 12.5. The lowest BCUT2D eigenvalue weighted by atomic mass is 9.95. The fourth-order valence-corrected chi connectivity index (χ4v) is 4.80. The third-order valence-electron chi connectivity index (χ3n) is 6.37. The molecule has 2 amide bonds. The summed E-state index contributed by atoms with van der Waals surface area (Å²) in [5.74, 6) is -7.57. The highest BCUT2D eigenvalue weighted by atomic mass is 16.7. The first-order chi connectivity index (χ1) is 23.2. The van der Waals surface area contributed by atoms with Gasteiger partial charge in [0.25, 0.3) is 0 Å². The molecule has 0 aromatic heterocycles. The van der Waals surface area contributed by atoms with Crippen LogP contribution in [0.15, 0.2) is 0 Å². The molecule has 0 unspecified atom stereocenters. The quantitative estimate of drug-likeness (QED) is 0.128. The molecule has 0 spiro atoms. The SMILES string of the molecule is CC(=O)N[C@H]1[C@H](O[C@@H]([C@H](OC(C)=O)[C@H](COC(C)=O)NC(C)=O)[C@@H](COC(C)=O)OC(C)=O)O[C@H](COC(C)=O)[C@@H](OC(C)=O)[C@@H]1OC(C)=O. The molecule has 0 aromatic rings. The van der Waals surface area contributed by atoms with Gasteiger partial charge in [-0.05, 0) is 0 Å². The third-order valence-corrected chi connectivity index (χ3v) is 6.37. The average molecular weight is 721 g/mol. The molecule has 50 heavy (non-hydrogen) atoms. The van der Waals surface area contributed by atoms with Crippen LogP contribution in [0, 0.1) is 0 Å². The molecule has 1 heterocycles. The second-order valence-electron chi connectivity index (χ2n) is 11.0. The zero-order valence-electron chi connectivity index (χ0n) is 29.2. The standard InChI is InChI=1S/C30H44N2O18/c1-13(33)31-22(10-42-15(3)35)26(46-19(7)39)27(23(45-18(6)38)11-43-16(4)36)50-30-25(32-14(2)34)29(48-21(9)41)28(47-20(8)40)24(49-30)12-44-17(5)37/h22-30H,10-12H2,1-9H3,(H,31,33)(H,32,34)/t22-,23+,24+,25+,26+,27+,28+,29+,30-/m0/s1. The molecule has 1 aliphatic heterocycles. The summed E-state index contributed by atoms with van der Waals surface area (Å²) in [6.07, 6.45) is -11.7. The summed E-state index contributed by atoms with van der Waals surface area (Å²) in [4.78, 5) is 109. The van der Waals surface area contributed by atoms with Gasteiger partial charge in [0.1, 0.15) is 44.1 Å². The monoisotopic (exact) mass is 720 g/mol. The van der Waals surface area contributed by atoms with Crippen LogP contribution >= 0.6 is 0 Å². The largest absolute Gasteiger partial charge is 0.464 e. The summed E-state index contributed by atoms with van der Waals surface area (Å²) < 4.78 is 49.4. The molecule has 1 rings (SSSR count). The molecule has 0 aromatic carbocycles. The Hall–Kier alpha value is -4.85. The van der Waals surface area contributed by atoms with Gasteiger partial charge in [-0.3, -0.25) is 43.2 Å². The molecule has 0 radical (unpaired) electrons. The van der Waals surface area contributed by atoms with Gasteiger partial charge in [0.05, 0.1) is 0 Å². The van der Waals surface area contributed by atoms with E-state index in [0.717, 1.165) is 62.3 Å². The second kappa shape index (κ2) is 20.6. The van der Waals surface area contributed by atoms with Crippen molar-refractivity contribution in [2.24, 2.45) is 0 Å². The van der Waals surface area contributed by atoms with Crippen molar-refractivity contribution in [3.63, 3.8) is 0 Å². The van der Waals surface area contributed by atoms with Crippen LogP contribution in [0.2, 0.25) is 0 Å². The minimum Gasteiger partial charge on any atom is -0.464 e. The van der Waals surface area contributed by atoms with Crippen LogP contribution in [0.3, 0.4) is 0 Å². The van der Waals surface area contributed by atoms with Gasteiger partial charge >= 0.3 is 41.8 Å². The summed E-state index contributed by atoms with van der Waals surface area (Å²) in [6, 6.07) is -2.99. The van der Waals surface area contributed by atoms with Crippen LogP contribution in [-0.4, -0.2) is 128 Å². The highest BCUT2D eigenvalue weighted by Gasteiger charge is 2.54. The smallest absolute Gasteiger partial charge is 0.303 e. The molecule has 282 valence electrons. The van der Waals surface area contributed by atoms with Crippen molar-refractivity contribution in [1.82, 2.24) is 10.6 Å². The van der Waals surface area contributed by atoms with Gasteiger partial charge in [-0.15, -0.1) is 0 Å². The third kappa shape index (κ3) is 15.6. The fraction of sp³-hybridized carbons (Fsp3) is 0.700. The molecular weight excluding hydrogens is 676 g/mol. The number of ether oxygens (including phenoxy) is 9. The zero-order valence-corrected chi connectivity index (χ0v) is 29.2. The average Bonchev–Trinajstić information content (AvgIpc) is 2.95. The van der Waals surface area contributed by atoms with Crippen molar-refractivity contribution < 1.29 is 85.8 Å². The highest BCUT2D eigenvalue weighted by molar-refractivity contribution is 5.74. The molecule has 9 atom stereocenters. The predicted octanol–water partition coefficient (Wildman–Crippen LogP) is -1.48. The van der Waals surface area contributed by atoms with Crippen molar-refractivity contribution in [2.45, 2.75) is 117 Å². The molecular formula is C30H44N2O18. The van der Waals surface area contributed by atoms with E-state index in [-0.39, 0.29) is 0 Å². The van der Waals surface area contributed by atoms with Crippen LogP contribution < -0.4 is 10.6 Å². The van der Waals surface area contributed by atoms with E-state index in [9.17, 15) is 43.2 Å². The Balaban J connectivity index is 4.07. The molecule has 0 aliphatic carbocycles. The number of hydrogen-bond acceptors (Lipinski definition) is 18. The van der Waals surface area contributed by atoms with Gasteiger partial charge < -0.3 is 53.3 Å². The second-order valence-corrected chi connectivity index (χ2v) is 11.0. The Morgan fingerprint density at radius 1 is 0.580 bits per heavy atom. The van der Waals surface area contributed by atoms with Gasteiger partial charge in [0.2, 0.25) is 11.8 Å². The summed E-state index contributed by atoms with van der Waals surface area (Å²) in [6.45, 7) is 7.41. The Labute approximate surface area is 287 Å². The zero-order chi connectivity index (χ0) is 38.3. The van der Waals surface area contributed by atoms with Crippen molar-refractivity contribution in [3.8, 4) is 0 Å². The first-order valence-electron chi connectivity index (χ1n) is 15.2. The summed E-state index contributed by atoms with van der Waals surface area (Å²) in [7, 11) is 0. The number of carbonyl (C=O) groups is 9. The van der Waals surface area contributed by atoms with E-state index in [0.29, 0.717) is 0 Å². The minimum atomic E-state index is -1.83. The first-order valence-corrected chi connectivity index (χ1v) is 15.2. The van der Waals surface area contributed by atoms with E-state index in [4.69, 9.17) is 42.6 Å². The Bertz CT molecular complexity index is 1270. The lowest BCUT2D eigenvalue weighted by molar-refractivity contribution is -0.304. The van der Waals surface area contributed by atoms with E-state index < -0.39 is 128 Å². The summed E-state index contributed by atoms with van der Waals surface area (Å²) >= 11 is 0. The molecule has 0 bridgehead atoms. The van der Waals surface area contributed by atoms with E-state index in [1.807, 2.05) is 0 Å². The lowest BCUT2D eigenvalue weighted by Gasteiger charge is -2.47. The maximum Gasteiger partial charge on any atom is 0.303 e. The van der Waals surface area contributed by atoms with E-state index in [2.05, 4.69) is 10.6 Å². The van der Waals surface area contributed by atoms with Crippen LogP contribution in [-0.2, 0) is 85.8 Å². The number of nitrogens with one attached hydrogen (secondary N) is 2. The number of amides is 2. The maximum atomic E-state index is 12.5.